The van der Waals surface area contributed by atoms with Crippen molar-refractivity contribution >= 4 is 23.2 Å². The first kappa shape index (κ1) is 21.8. The summed E-state index contributed by atoms with van der Waals surface area (Å²) in [5.41, 5.74) is 0.0499. The Labute approximate surface area is 186 Å². The number of fused-ring (bicyclic) bond motifs is 1. The number of hydrogen-bond donors (Lipinski definition) is 1. The second-order valence-corrected chi connectivity index (χ2v) is 8.03. The first-order chi connectivity index (χ1) is 15.1. The monoisotopic (exact) mass is 459 g/mol. The number of carboxylic acids is 1. The third-order valence-electron chi connectivity index (χ3n) is 5.40. The molecule has 0 saturated heterocycles. The zero-order chi connectivity index (χ0) is 23.1. The van der Waals surface area contributed by atoms with Gasteiger partial charge in [-0.25, -0.2) is 9.50 Å². The molecule has 164 valence electrons. The molecule has 32 heavy (non-hydrogen) atoms. The van der Waals surface area contributed by atoms with E-state index in [0.29, 0.717) is 16.8 Å². The van der Waals surface area contributed by atoms with Crippen LogP contribution in [0.5, 0.6) is 0 Å². The van der Waals surface area contributed by atoms with Crippen LogP contribution in [-0.4, -0.2) is 25.7 Å². The largest absolute Gasteiger partial charge is 0.481 e. The summed E-state index contributed by atoms with van der Waals surface area (Å²) in [5.74, 6) is -1.10. The molecule has 0 aliphatic carbocycles. The Kier molecular flexibility index (Phi) is 5.42. The molecule has 0 amide bonds. The van der Waals surface area contributed by atoms with Gasteiger partial charge in [-0.1, -0.05) is 54.1 Å². The van der Waals surface area contributed by atoms with Gasteiger partial charge in [-0.2, -0.15) is 18.3 Å². The minimum atomic E-state index is -4.45. The molecule has 1 N–H and O–H groups in total. The van der Waals surface area contributed by atoms with Crippen LogP contribution in [0, 0.1) is 0 Å². The van der Waals surface area contributed by atoms with E-state index in [1.165, 1.54) is 29.0 Å². The number of aliphatic carboxylic acids is 1. The second-order valence-electron chi connectivity index (χ2n) is 7.62. The molecule has 4 aromatic rings. The molecule has 0 spiro atoms. The first-order valence-electron chi connectivity index (χ1n) is 9.59. The normalized spacial score (nSPS) is 13.8. The number of alkyl halides is 3. The summed E-state index contributed by atoms with van der Waals surface area (Å²) in [5, 5.41) is 14.6. The highest BCUT2D eigenvalue weighted by atomic mass is 35.5. The number of carboxylic acid groups (broad SMARTS) is 1. The van der Waals surface area contributed by atoms with Gasteiger partial charge in [-0.3, -0.25) is 4.79 Å². The van der Waals surface area contributed by atoms with Gasteiger partial charge in [-0.05, 0) is 36.6 Å². The number of hydrogen-bond acceptors (Lipinski definition) is 3. The van der Waals surface area contributed by atoms with E-state index in [1.807, 2.05) is 30.3 Å². The summed E-state index contributed by atoms with van der Waals surface area (Å²) >= 11 is 6.41. The maximum Gasteiger partial charge on any atom is 0.416 e. The van der Waals surface area contributed by atoms with Gasteiger partial charge in [-0.15, -0.1) is 0 Å². The van der Waals surface area contributed by atoms with Crippen LogP contribution < -0.4 is 0 Å². The van der Waals surface area contributed by atoms with E-state index >= 15 is 0 Å². The maximum atomic E-state index is 12.9. The molecule has 4 rings (SSSR count). The van der Waals surface area contributed by atoms with Gasteiger partial charge in [0.05, 0.1) is 22.5 Å². The molecule has 0 radical (unpaired) electrons. The smallest absolute Gasteiger partial charge is 0.416 e. The van der Waals surface area contributed by atoms with Crippen LogP contribution in [0.25, 0.3) is 16.8 Å². The van der Waals surface area contributed by atoms with E-state index in [0.717, 1.165) is 17.7 Å². The third-order valence-corrected chi connectivity index (χ3v) is 5.68. The van der Waals surface area contributed by atoms with Crippen molar-refractivity contribution in [1.29, 1.82) is 0 Å². The van der Waals surface area contributed by atoms with E-state index in [4.69, 9.17) is 11.6 Å². The van der Waals surface area contributed by atoms with Crippen molar-refractivity contribution in [1.82, 2.24) is 14.6 Å². The third kappa shape index (κ3) is 3.82. The lowest BCUT2D eigenvalue weighted by molar-refractivity contribution is -0.143. The highest BCUT2D eigenvalue weighted by molar-refractivity contribution is 6.31. The van der Waals surface area contributed by atoms with Crippen LogP contribution in [0.4, 0.5) is 13.2 Å². The standard InChI is InChI=1S/C23H17ClF3N3O2/c1-22(21(31)32,11-14-5-3-2-4-6-14)19-18(24)13-28-20-17(12-29-30(19)20)15-7-9-16(10-8-15)23(25,26)27/h2-10,12-13H,11H2,1H3,(H,31,32)/t22-/m0/s1. The molecule has 2 aromatic heterocycles. The Morgan fingerprint density at radius 2 is 1.72 bits per heavy atom. The number of carbonyl (C=O) groups is 1. The van der Waals surface area contributed by atoms with Crippen LogP contribution in [0.2, 0.25) is 5.02 Å². The molecule has 0 fully saturated rings. The fourth-order valence-electron chi connectivity index (χ4n) is 3.71. The Balaban J connectivity index is 1.85. The van der Waals surface area contributed by atoms with Gasteiger partial charge < -0.3 is 5.11 Å². The zero-order valence-electron chi connectivity index (χ0n) is 16.8. The van der Waals surface area contributed by atoms with Gasteiger partial charge in [0, 0.05) is 11.8 Å². The number of halogens is 4. The molecule has 0 bridgehead atoms. The van der Waals surface area contributed by atoms with Crippen molar-refractivity contribution in [2.75, 3.05) is 0 Å². The van der Waals surface area contributed by atoms with Crippen molar-refractivity contribution in [3.63, 3.8) is 0 Å². The molecule has 0 saturated carbocycles. The summed E-state index contributed by atoms with van der Waals surface area (Å²) in [6.45, 7) is 1.56. The van der Waals surface area contributed by atoms with Crippen molar-refractivity contribution in [3.8, 4) is 11.1 Å². The lowest BCUT2D eigenvalue weighted by Crippen LogP contribution is -2.37. The average molecular weight is 460 g/mol. The summed E-state index contributed by atoms with van der Waals surface area (Å²) in [6.07, 6.45) is -1.51. The fourth-order valence-corrected chi connectivity index (χ4v) is 4.05. The Morgan fingerprint density at radius 3 is 2.31 bits per heavy atom. The molecule has 2 heterocycles. The predicted octanol–water partition coefficient (Wildman–Crippen LogP) is 5.65. The van der Waals surface area contributed by atoms with Gasteiger partial charge in [0.2, 0.25) is 0 Å². The predicted molar refractivity (Wildman–Crippen MR) is 114 cm³/mol. The Hall–Kier alpha value is -3.39. The lowest BCUT2D eigenvalue weighted by Gasteiger charge is -2.26. The van der Waals surface area contributed by atoms with Crippen molar-refractivity contribution in [2.45, 2.75) is 24.9 Å². The number of benzene rings is 2. The average Bonchev–Trinajstić information content (AvgIpc) is 3.17. The Morgan fingerprint density at radius 1 is 1.06 bits per heavy atom. The van der Waals surface area contributed by atoms with Gasteiger partial charge in [0.1, 0.15) is 5.41 Å². The molecule has 0 aliphatic heterocycles. The molecular weight excluding hydrogens is 443 g/mol. The molecule has 5 nitrogen and oxygen atoms in total. The van der Waals surface area contributed by atoms with Crippen LogP contribution >= 0.6 is 11.6 Å². The number of nitrogens with zero attached hydrogens (tertiary/aromatic N) is 3. The van der Waals surface area contributed by atoms with Gasteiger partial charge >= 0.3 is 12.1 Å². The van der Waals surface area contributed by atoms with E-state index in [9.17, 15) is 23.1 Å². The van der Waals surface area contributed by atoms with E-state index in [-0.39, 0.29) is 17.1 Å². The number of aromatic nitrogens is 3. The Bertz CT molecular complexity index is 1290. The lowest BCUT2D eigenvalue weighted by atomic mass is 9.80. The van der Waals surface area contributed by atoms with E-state index < -0.39 is 23.1 Å². The highest BCUT2D eigenvalue weighted by Crippen LogP contribution is 2.36. The molecule has 2 aromatic carbocycles. The first-order valence-corrected chi connectivity index (χ1v) is 9.97. The van der Waals surface area contributed by atoms with Crippen molar-refractivity contribution in [3.05, 3.63) is 88.8 Å². The van der Waals surface area contributed by atoms with Gasteiger partial charge in [0.25, 0.3) is 0 Å². The maximum absolute atomic E-state index is 12.9. The highest BCUT2D eigenvalue weighted by Gasteiger charge is 2.40. The minimum Gasteiger partial charge on any atom is -0.481 e. The SMILES string of the molecule is C[C@@](Cc1ccccc1)(C(=O)O)c1c(Cl)cnc2c(-c3ccc(C(F)(F)F)cc3)cnn12. The van der Waals surface area contributed by atoms with E-state index in [2.05, 4.69) is 10.1 Å². The summed E-state index contributed by atoms with van der Waals surface area (Å²) in [6, 6.07) is 13.7. The van der Waals surface area contributed by atoms with Crippen molar-refractivity contribution < 1.29 is 23.1 Å². The zero-order valence-corrected chi connectivity index (χ0v) is 17.5. The van der Waals surface area contributed by atoms with E-state index in [1.54, 1.807) is 6.92 Å². The van der Waals surface area contributed by atoms with Crippen LogP contribution in [0.1, 0.15) is 23.7 Å². The molecule has 0 unspecified atom stereocenters. The molecule has 0 aliphatic rings. The topological polar surface area (TPSA) is 67.5 Å². The fraction of sp³-hybridized carbons (Fsp3) is 0.174. The van der Waals surface area contributed by atoms with Crippen molar-refractivity contribution in [2.24, 2.45) is 0 Å². The number of rotatable bonds is 5. The summed E-state index contributed by atoms with van der Waals surface area (Å²) < 4.78 is 40.1. The second kappa shape index (κ2) is 7.94. The van der Waals surface area contributed by atoms with Crippen LogP contribution in [0.3, 0.4) is 0 Å². The molecular formula is C23H17ClF3N3O2. The summed E-state index contributed by atoms with van der Waals surface area (Å²) in [7, 11) is 0. The van der Waals surface area contributed by atoms with Crippen LogP contribution in [0.15, 0.2) is 67.0 Å². The summed E-state index contributed by atoms with van der Waals surface area (Å²) in [4.78, 5) is 16.7. The quantitative estimate of drug-likeness (QED) is 0.418. The molecule has 9 heteroatoms. The molecule has 1 atom stereocenters. The minimum absolute atomic E-state index is 0.125. The van der Waals surface area contributed by atoms with Gasteiger partial charge in [0.15, 0.2) is 5.65 Å². The van der Waals surface area contributed by atoms with Crippen LogP contribution in [-0.2, 0) is 22.8 Å².